The molecule has 1 heterocycles. The topological polar surface area (TPSA) is 55.8 Å². The van der Waals surface area contributed by atoms with Crippen molar-refractivity contribution < 1.29 is 27.5 Å². The van der Waals surface area contributed by atoms with Crippen molar-refractivity contribution in [3.63, 3.8) is 0 Å². The van der Waals surface area contributed by atoms with Gasteiger partial charge in [-0.1, -0.05) is 6.92 Å². The lowest BCUT2D eigenvalue weighted by atomic mass is 10.1. The van der Waals surface area contributed by atoms with Crippen LogP contribution in [0.5, 0.6) is 0 Å². The van der Waals surface area contributed by atoms with Crippen LogP contribution in [0.15, 0.2) is 18.2 Å². The van der Waals surface area contributed by atoms with E-state index in [4.69, 9.17) is 0 Å². The summed E-state index contributed by atoms with van der Waals surface area (Å²) in [5.74, 6) is 0.228. The maximum atomic E-state index is 13.6. The van der Waals surface area contributed by atoms with Gasteiger partial charge in [-0.3, -0.25) is 4.90 Å². The second-order valence-electron chi connectivity index (χ2n) is 8.80. The van der Waals surface area contributed by atoms with Gasteiger partial charge >= 0.3 is 12.2 Å². The summed E-state index contributed by atoms with van der Waals surface area (Å²) in [6.07, 6.45) is -2.55. The van der Waals surface area contributed by atoms with Gasteiger partial charge in [0.05, 0.1) is 11.7 Å². The molecule has 0 radical (unpaired) electrons. The van der Waals surface area contributed by atoms with Crippen LogP contribution in [-0.4, -0.2) is 59.3 Å². The monoisotopic (exact) mass is 429 g/mol. The lowest BCUT2D eigenvalue weighted by Gasteiger charge is -2.32. The zero-order valence-corrected chi connectivity index (χ0v) is 16.8. The molecule has 1 aromatic rings. The predicted molar refractivity (Wildman–Crippen MR) is 103 cm³/mol. The van der Waals surface area contributed by atoms with Crippen LogP contribution in [0.1, 0.15) is 31.7 Å². The molecule has 1 saturated heterocycles. The first-order valence-corrected chi connectivity index (χ1v) is 10.5. The second kappa shape index (κ2) is 8.00. The van der Waals surface area contributed by atoms with Gasteiger partial charge in [-0.25, -0.2) is 9.18 Å². The summed E-state index contributed by atoms with van der Waals surface area (Å²) in [7, 11) is 0. The molecule has 9 heteroatoms. The summed E-state index contributed by atoms with van der Waals surface area (Å²) < 4.78 is 52.6. The number of nitrogens with one attached hydrogen (secondary N) is 1. The molecule has 1 aliphatic heterocycles. The SMILES string of the molecule is CC1C2CCC(N(CCN3CCC(O)C3)C(=O)Nc3ccc(F)c(C(F)(F)F)c3)C12. The maximum absolute atomic E-state index is 13.6. The first kappa shape index (κ1) is 21.4. The van der Waals surface area contributed by atoms with E-state index in [2.05, 4.69) is 17.1 Å². The number of alkyl halides is 3. The van der Waals surface area contributed by atoms with E-state index < -0.39 is 23.6 Å². The predicted octanol–water partition coefficient (Wildman–Crippen LogP) is 3.79. The largest absolute Gasteiger partial charge is 0.419 e. The number of fused-ring (bicyclic) bond motifs is 1. The number of hydrogen-bond acceptors (Lipinski definition) is 3. The number of halogens is 4. The highest BCUT2D eigenvalue weighted by molar-refractivity contribution is 5.89. The number of benzene rings is 1. The molecule has 2 saturated carbocycles. The van der Waals surface area contributed by atoms with Gasteiger partial charge in [0.1, 0.15) is 5.82 Å². The molecule has 4 rings (SSSR count). The first-order chi connectivity index (χ1) is 14.1. The van der Waals surface area contributed by atoms with Crippen LogP contribution in [-0.2, 0) is 6.18 Å². The zero-order valence-electron chi connectivity index (χ0n) is 16.8. The minimum absolute atomic E-state index is 0.0556. The van der Waals surface area contributed by atoms with Crippen LogP contribution < -0.4 is 5.32 Å². The number of β-amino-alcohol motifs (C(OH)–C–C–N with tert-alkyl or cyclic N) is 1. The van der Waals surface area contributed by atoms with Crippen LogP contribution in [0, 0.1) is 23.6 Å². The van der Waals surface area contributed by atoms with Gasteiger partial charge in [0.2, 0.25) is 0 Å². The number of urea groups is 1. The van der Waals surface area contributed by atoms with E-state index in [1.807, 2.05) is 0 Å². The van der Waals surface area contributed by atoms with Crippen LogP contribution in [0.25, 0.3) is 0 Å². The Labute approximate surface area is 173 Å². The number of nitrogens with zero attached hydrogens (tertiary/aromatic N) is 2. The van der Waals surface area contributed by atoms with Crippen molar-refractivity contribution in [3.05, 3.63) is 29.6 Å². The Kier molecular flexibility index (Phi) is 5.69. The Morgan fingerprint density at radius 2 is 2.07 bits per heavy atom. The van der Waals surface area contributed by atoms with Crippen molar-refractivity contribution in [1.29, 1.82) is 0 Å². The molecule has 30 heavy (non-hydrogen) atoms. The van der Waals surface area contributed by atoms with Gasteiger partial charge in [0.25, 0.3) is 0 Å². The van der Waals surface area contributed by atoms with Crippen molar-refractivity contribution in [2.24, 2.45) is 17.8 Å². The van der Waals surface area contributed by atoms with Crippen LogP contribution in [0.2, 0.25) is 0 Å². The average molecular weight is 429 g/mol. The molecule has 1 aromatic carbocycles. The van der Waals surface area contributed by atoms with E-state index in [9.17, 15) is 27.5 Å². The number of likely N-dealkylation sites (tertiary alicyclic amines) is 1. The average Bonchev–Trinajstić information content (AvgIpc) is 3.00. The molecule has 5 nitrogen and oxygen atoms in total. The van der Waals surface area contributed by atoms with Crippen LogP contribution in [0.4, 0.5) is 28.0 Å². The lowest BCUT2D eigenvalue weighted by molar-refractivity contribution is -0.139. The number of aliphatic hydroxyl groups is 1. The number of carbonyl (C=O) groups is 1. The molecular weight excluding hydrogens is 402 g/mol. The Balaban J connectivity index is 1.48. The highest BCUT2D eigenvalue weighted by Gasteiger charge is 2.57. The molecule has 5 atom stereocenters. The summed E-state index contributed by atoms with van der Waals surface area (Å²) in [5.41, 5.74) is -1.47. The Morgan fingerprint density at radius 3 is 2.67 bits per heavy atom. The van der Waals surface area contributed by atoms with Crippen molar-refractivity contribution in [3.8, 4) is 0 Å². The molecule has 2 aliphatic carbocycles. The Hall–Kier alpha value is -1.87. The molecule has 0 bridgehead atoms. The maximum Gasteiger partial charge on any atom is 0.419 e. The fourth-order valence-corrected chi connectivity index (χ4v) is 5.29. The van der Waals surface area contributed by atoms with E-state index in [1.165, 1.54) is 0 Å². The number of aliphatic hydroxyl groups excluding tert-OH is 1. The van der Waals surface area contributed by atoms with Gasteiger partial charge in [0.15, 0.2) is 0 Å². The fraction of sp³-hybridized carbons (Fsp3) is 0.667. The number of amides is 2. The van der Waals surface area contributed by atoms with E-state index in [0.29, 0.717) is 49.9 Å². The highest BCUT2D eigenvalue weighted by atomic mass is 19.4. The molecule has 2 amide bonds. The third kappa shape index (κ3) is 4.27. The van der Waals surface area contributed by atoms with Crippen molar-refractivity contribution in [2.75, 3.05) is 31.5 Å². The third-order valence-electron chi connectivity index (χ3n) is 6.96. The Bertz CT molecular complexity index is 803. The smallest absolute Gasteiger partial charge is 0.392 e. The van der Waals surface area contributed by atoms with E-state index in [0.717, 1.165) is 31.5 Å². The molecule has 3 fully saturated rings. The van der Waals surface area contributed by atoms with E-state index in [-0.39, 0.29) is 17.8 Å². The third-order valence-corrected chi connectivity index (χ3v) is 6.96. The Morgan fingerprint density at radius 1 is 1.30 bits per heavy atom. The molecule has 0 aromatic heterocycles. The summed E-state index contributed by atoms with van der Waals surface area (Å²) in [6.45, 7) is 4.53. The van der Waals surface area contributed by atoms with Gasteiger partial charge in [0, 0.05) is 37.9 Å². The first-order valence-electron chi connectivity index (χ1n) is 10.5. The van der Waals surface area contributed by atoms with Crippen LogP contribution in [0.3, 0.4) is 0 Å². The number of hydrogen-bond donors (Lipinski definition) is 2. The number of carbonyl (C=O) groups excluding carboxylic acids is 1. The fourth-order valence-electron chi connectivity index (χ4n) is 5.29. The van der Waals surface area contributed by atoms with Gasteiger partial charge < -0.3 is 15.3 Å². The van der Waals surface area contributed by atoms with E-state index in [1.54, 1.807) is 4.90 Å². The lowest BCUT2D eigenvalue weighted by Crippen LogP contribution is -2.47. The minimum Gasteiger partial charge on any atom is -0.392 e. The standard InChI is InChI=1S/C21H27F4N3O2/c1-12-15-3-5-18(19(12)15)28(9-8-27-7-6-14(29)11-27)20(30)26-13-2-4-17(22)16(10-13)21(23,24)25/h2,4,10,12,14-15,18-19,29H,3,5-9,11H2,1H3,(H,26,30). The summed E-state index contributed by atoms with van der Waals surface area (Å²) in [5, 5.41) is 12.3. The van der Waals surface area contributed by atoms with E-state index >= 15 is 0 Å². The van der Waals surface area contributed by atoms with Gasteiger partial charge in [-0.15, -0.1) is 0 Å². The molecule has 0 spiro atoms. The van der Waals surface area contributed by atoms with Crippen molar-refractivity contribution >= 4 is 11.7 Å². The van der Waals surface area contributed by atoms with Crippen molar-refractivity contribution in [1.82, 2.24) is 9.80 Å². The molecular formula is C21H27F4N3O2. The minimum atomic E-state index is -4.83. The second-order valence-corrected chi connectivity index (χ2v) is 8.80. The molecule has 3 aliphatic rings. The summed E-state index contributed by atoms with van der Waals surface area (Å²) in [4.78, 5) is 16.9. The number of anilines is 1. The van der Waals surface area contributed by atoms with Crippen molar-refractivity contribution in [2.45, 2.75) is 44.5 Å². The number of rotatable bonds is 5. The highest BCUT2D eigenvalue weighted by Crippen LogP contribution is 2.58. The summed E-state index contributed by atoms with van der Waals surface area (Å²) in [6, 6.07) is 2.11. The van der Waals surface area contributed by atoms with Crippen LogP contribution >= 0.6 is 0 Å². The molecule has 5 unspecified atom stereocenters. The quantitative estimate of drug-likeness (QED) is 0.701. The van der Waals surface area contributed by atoms with Gasteiger partial charge in [-0.2, -0.15) is 13.2 Å². The molecule has 166 valence electrons. The van der Waals surface area contributed by atoms with Gasteiger partial charge in [-0.05, 0) is 55.2 Å². The molecule has 2 N–H and O–H groups in total. The normalized spacial score (nSPS) is 30.9. The zero-order chi connectivity index (χ0) is 21.6. The summed E-state index contributed by atoms with van der Waals surface area (Å²) >= 11 is 0.